The first-order chi connectivity index (χ1) is 29.6. The molecule has 0 spiro atoms. The van der Waals surface area contributed by atoms with Crippen molar-refractivity contribution in [2.24, 2.45) is 16.8 Å². The van der Waals surface area contributed by atoms with Crippen molar-refractivity contribution in [3.8, 4) is 22.4 Å². The molecule has 7 rings (SSSR count). The van der Waals surface area contributed by atoms with Gasteiger partial charge >= 0.3 is 12.2 Å². The predicted molar refractivity (Wildman–Crippen MR) is 243 cm³/mol. The van der Waals surface area contributed by atoms with E-state index < -0.39 is 24.3 Å². The first-order valence-corrected chi connectivity index (χ1v) is 22.0. The van der Waals surface area contributed by atoms with Crippen molar-refractivity contribution in [1.82, 2.24) is 30.4 Å². The van der Waals surface area contributed by atoms with Gasteiger partial charge < -0.3 is 34.9 Å². The van der Waals surface area contributed by atoms with Gasteiger partial charge in [0, 0.05) is 35.4 Å². The Balaban J connectivity index is 1.04. The van der Waals surface area contributed by atoms with Crippen LogP contribution in [0.2, 0.25) is 5.15 Å². The number of methoxy groups -OCH3 is 2. The van der Waals surface area contributed by atoms with E-state index in [2.05, 4.69) is 52.0 Å². The van der Waals surface area contributed by atoms with Crippen LogP contribution in [0.15, 0.2) is 70.8 Å². The first kappa shape index (κ1) is 44.6. The van der Waals surface area contributed by atoms with Gasteiger partial charge in [0.1, 0.15) is 33.9 Å². The predicted octanol–water partition coefficient (Wildman–Crippen LogP) is 9.50. The molecule has 328 valence electrons. The number of amides is 4. The van der Waals surface area contributed by atoms with Crippen LogP contribution in [0.1, 0.15) is 91.1 Å². The van der Waals surface area contributed by atoms with Crippen LogP contribution in [0.3, 0.4) is 0 Å². The lowest BCUT2D eigenvalue weighted by molar-refractivity contribution is -0.137. The highest BCUT2D eigenvalue weighted by atomic mass is 35.5. The Hall–Kier alpha value is -5.40. The van der Waals surface area contributed by atoms with E-state index in [4.69, 9.17) is 42.7 Å². The number of aromatic nitrogens is 2. The lowest BCUT2D eigenvalue weighted by Crippen LogP contribution is -2.55. The van der Waals surface area contributed by atoms with Crippen LogP contribution in [0.5, 0.6) is 0 Å². The minimum Gasteiger partial charge on any atom is -0.453 e. The maximum Gasteiger partial charge on any atom is 0.407 e. The normalized spacial score (nSPS) is 21.1. The number of hydrogen-bond acceptors (Lipinski definition) is 8. The summed E-state index contributed by atoms with van der Waals surface area (Å²) in [7, 11) is 2.57. The molecule has 1 aromatic heterocycles. The highest BCUT2D eigenvalue weighted by Crippen LogP contribution is 2.40. The maximum absolute atomic E-state index is 13.9. The fraction of sp³-hybridized carbons (Fsp3) is 0.447. The molecule has 3 N–H and O–H groups in total. The number of halogens is 2. The summed E-state index contributed by atoms with van der Waals surface area (Å²) in [5.74, 6) is -0.00590. The van der Waals surface area contributed by atoms with Gasteiger partial charge in [-0.1, -0.05) is 99.4 Å². The fourth-order valence-corrected chi connectivity index (χ4v) is 9.61. The summed E-state index contributed by atoms with van der Waals surface area (Å²) < 4.78 is 9.60. The van der Waals surface area contributed by atoms with Gasteiger partial charge in [-0.05, 0) is 91.0 Å². The molecule has 4 amide bonds. The number of ether oxygens (including phenoxy) is 2. The maximum atomic E-state index is 13.9. The number of rotatable bonds is 11. The monoisotopic (exact) mass is 883 g/mol. The number of hydrogen-bond donors (Lipinski definition) is 3. The Bertz CT molecular complexity index is 2430. The van der Waals surface area contributed by atoms with E-state index >= 15 is 0 Å². The number of likely N-dealkylation sites (tertiary alicyclic amines) is 2. The molecule has 0 radical (unpaired) electrons. The van der Waals surface area contributed by atoms with Crippen molar-refractivity contribution in [2.75, 3.05) is 14.2 Å². The van der Waals surface area contributed by atoms with E-state index in [0.717, 1.165) is 63.6 Å². The molecule has 13 nitrogen and oxygen atoms in total. The molecule has 1 unspecified atom stereocenters. The first-order valence-electron chi connectivity index (χ1n) is 21.3. The molecule has 3 aliphatic heterocycles. The fourth-order valence-electron chi connectivity index (χ4n) is 9.08. The number of nitrogens with one attached hydrogen (secondary N) is 3. The van der Waals surface area contributed by atoms with Gasteiger partial charge in [-0.3, -0.25) is 9.59 Å². The SMILES string of the molecule is COC(=O)NC(C(=O)N1[C@@H](C)CC[C@H]1c1nc(-c2ccc(-c3ccc4cc(C5=C(Cl)N=C([C@@H]6CC[C@H](C)N6C(=O)[C@@H](NC(=O)OC)C(C)C)C5)ccc4c3)cc2)c(Cl)[nH]1)C(C)C. The van der Waals surface area contributed by atoms with E-state index in [1.165, 1.54) is 14.2 Å². The van der Waals surface area contributed by atoms with Gasteiger partial charge in [-0.15, -0.1) is 0 Å². The number of allylic oxidation sites excluding steroid dienone is 1. The highest BCUT2D eigenvalue weighted by Gasteiger charge is 2.43. The van der Waals surface area contributed by atoms with Crippen LogP contribution in [-0.4, -0.2) is 93.9 Å². The van der Waals surface area contributed by atoms with Gasteiger partial charge in [-0.2, -0.15) is 0 Å². The number of carbonyl (C=O) groups is 4. The molecule has 0 saturated carbocycles. The highest BCUT2D eigenvalue weighted by molar-refractivity contribution is 6.35. The topological polar surface area (TPSA) is 158 Å². The van der Waals surface area contributed by atoms with E-state index in [1.807, 2.05) is 70.7 Å². The number of alkyl carbamates (subject to hydrolysis) is 2. The third kappa shape index (κ3) is 8.92. The number of H-pyrrole nitrogens is 1. The van der Waals surface area contributed by atoms with Crippen molar-refractivity contribution < 1.29 is 28.7 Å². The Morgan fingerprint density at radius 1 is 0.694 bits per heavy atom. The molecule has 15 heteroatoms. The second-order valence-corrected chi connectivity index (χ2v) is 18.0. The molecular weight excluding hydrogens is 829 g/mol. The zero-order chi connectivity index (χ0) is 44.6. The van der Waals surface area contributed by atoms with Crippen LogP contribution in [0.25, 0.3) is 38.7 Å². The van der Waals surface area contributed by atoms with Crippen molar-refractivity contribution in [2.45, 2.75) is 110 Å². The summed E-state index contributed by atoms with van der Waals surface area (Å²) in [5, 5.41) is 8.37. The van der Waals surface area contributed by atoms with Crippen molar-refractivity contribution >= 4 is 69.3 Å². The van der Waals surface area contributed by atoms with Gasteiger partial charge in [0.15, 0.2) is 0 Å². The molecular formula is C47H55Cl2N7O6. The lowest BCUT2D eigenvalue weighted by Gasteiger charge is -2.33. The lowest BCUT2D eigenvalue weighted by atomic mass is 9.94. The summed E-state index contributed by atoms with van der Waals surface area (Å²) in [6.07, 6.45) is 2.33. The summed E-state index contributed by atoms with van der Waals surface area (Å²) in [5.41, 5.74) is 6.25. The number of aliphatic imine (C=N–C) groups is 1. The van der Waals surface area contributed by atoms with Crippen molar-refractivity contribution in [3.05, 3.63) is 82.4 Å². The van der Waals surface area contributed by atoms with E-state index in [0.29, 0.717) is 34.7 Å². The standard InChI is InChI=1S/C47H55Cl2N7O6/c1-24(2)38(52-46(59)61-7)44(57)55-26(5)9-19-36(55)35-23-34(41(48)50-35)33-18-17-31-21-30(15-16-32(31)22-33)28-11-13-29(14-12-28)40-42(49)54-43(51-40)37-20-10-27(6)56(37)45(58)39(25(3)4)53-47(60)62-8/h11-18,21-22,24-27,36-39H,9-10,19-20,23H2,1-8H3,(H,51,54)(H,52,59)(H,53,60)/t26-,27-,36-,37-,38-,39?/m0/s1. The summed E-state index contributed by atoms with van der Waals surface area (Å²) in [4.78, 5) is 68.6. The van der Waals surface area contributed by atoms with E-state index in [9.17, 15) is 19.2 Å². The second kappa shape index (κ2) is 18.5. The Kier molecular flexibility index (Phi) is 13.3. The van der Waals surface area contributed by atoms with Crippen LogP contribution < -0.4 is 10.6 Å². The molecule has 2 saturated heterocycles. The van der Waals surface area contributed by atoms with Crippen LogP contribution in [0, 0.1) is 11.8 Å². The summed E-state index contributed by atoms with van der Waals surface area (Å²) >= 11 is 13.6. The van der Waals surface area contributed by atoms with Gasteiger partial charge in [-0.25, -0.2) is 19.6 Å². The minimum absolute atomic E-state index is 0.0146. The number of nitrogens with zero attached hydrogens (tertiary/aromatic N) is 4. The molecule has 2 fully saturated rings. The summed E-state index contributed by atoms with van der Waals surface area (Å²) in [6.45, 7) is 11.6. The number of benzene rings is 3. The van der Waals surface area contributed by atoms with Crippen LogP contribution >= 0.6 is 23.2 Å². The average molecular weight is 885 g/mol. The quantitative estimate of drug-likeness (QED) is 0.127. The van der Waals surface area contributed by atoms with Crippen LogP contribution in [0.4, 0.5) is 9.59 Å². The van der Waals surface area contributed by atoms with Crippen molar-refractivity contribution in [3.63, 3.8) is 0 Å². The minimum atomic E-state index is -0.744. The summed E-state index contributed by atoms with van der Waals surface area (Å²) in [6, 6.07) is 18.6. The number of fused-ring (bicyclic) bond motifs is 1. The second-order valence-electron chi connectivity index (χ2n) is 17.3. The molecule has 0 aliphatic carbocycles. The third-order valence-electron chi connectivity index (χ3n) is 12.5. The number of imidazole rings is 1. The largest absolute Gasteiger partial charge is 0.453 e. The van der Waals surface area contributed by atoms with Gasteiger partial charge in [0.05, 0.1) is 26.3 Å². The van der Waals surface area contributed by atoms with E-state index in [1.54, 1.807) is 4.90 Å². The molecule has 6 atom stereocenters. The Labute approximate surface area is 372 Å². The molecule has 3 aliphatic rings. The molecule has 4 aromatic rings. The zero-order valence-electron chi connectivity index (χ0n) is 36.4. The Morgan fingerprint density at radius 3 is 1.73 bits per heavy atom. The third-order valence-corrected chi connectivity index (χ3v) is 13.1. The van der Waals surface area contributed by atoms with Crippen LogP contribution in [-0.2, 0) is 19.1 Å². The zero-order valence-corrected chi connectivity index (χ0v) is 37.9. The van der Waals surface area contributed by atoms with Crippen molar-refractivity contribution in [1.29, 1.82) is 0 Å². The smallest absolute Gasteiger partial charge is 0.407 e. The number of aromatic amines is 1. The van der Waals surface area contributed by atoms with Gasteiger partial charge in [0.25, 0.3) is 0 Å². The molecule has 3 aromatic carbocycles. The number of carbonyl (C=O) groups excluding carboxylic acids is 4. The molecule has 4 heterocycles. The molecule has 62 heavy (non-hydrogen) atoms. The average Bonchev–Trinajstić information content (AvgIpc) is 4.05. The van der Waals surface area contributed by atoms with E-state index in [-0.39, 0.29) is 47.8 Å². The molecule has 0 bridgehead atoms. The Morgan fingerprint density at radius 2 is 1.18 bits per heavy atom. The van der Waals surface area contributed by atoms with Gasteiger partial charge in [0.2, 0.25) is 11.8 Å².